The fraction of sp³-hybridized carbons (Fsp3) is 0.438. The van der Waals surface area contributed by atoms with Crippen LogP contribution in [-0.4, -0.2) is 44.4 Å². The number of aromatic nitrogens is 1. The molecule has 2 atom stereocenters. The van der Waals surface area contributed by atoms with Gasteiger partial charge in [0.15, 0.2) is 0 Å². The van der Waals surface area contributed by atoms with Gasteiger partial charge >= 0.3 is 0 Å². The van der Waals surface area contributed by atoms with Gasteiger partial charge < -0.3 is 19.1 Å². The van der Waals surface area contributed by atoms with Gasteiger partial charge in [0.05, 0.1) is 18.9 Å². The smallest absolute Gasteiger partial charge is 0.141 e. The van der Waals surface area contributed by atoms with E-state index in [0.29, 0.717) is 5.76 Å². The van der Waals surface area contributed by atoms with Crippen LogP contribution in [0.1, 0.15) is 24.5 Å². The quantitative estimate of drug-likeness (QED) is 0.200. The predicted octanol–water partition coefficient (Wildman–Crippen LogP) is 2.82. The summed E-state index contributed by atoms with van der Waals surface area (Å²) in [5, 5.41) is 6.57. The Morgan fingerprint density at radius 2 is 2.12 bits per heavy atom. The second kappa shape index (κ2) is 12.5. The molecule has 1 radical (unpaired) electrons. The van der Waals surface area contributed by atoms with E-state index < -0.39 is 0 Å². The molecule has 1 rings (SSSR count). The van der Waals surface area contributed by atoms with Crippen molar-refractivity contribution in [3.05, 3.63) is 34.0 Å². The number of hydrogen-bond donors (Lipinski definition) is 0. The summed E-state index contributed by atoms with van der Waals surface area (Å²) < 4.78 is 10.6. The van der Waals surface area contributed by atoms with Gasteiger partial charge in [-0.15, -0.1) is 11.3 Å². The van der Waals surface area contributed by atoms with Crippen molar-refractivity contribution in [2.45, 2.75) is 20.0 Å². The molecule has 0 saturated heterocycles. The molecule has 0 amide bonds. The first-order valence-electron chi connectivity index (χ1n) is 6.93. The molecule has 129 valence electrons. The third kappa shape index (κ3) is 6.93. The maximum atomic E-state index is 10.5. The zero-order valence-corrected chi connectivity index (χ0v) is 18.1. The van der Waals surface area contributed by atoms with Gasteiger partial charge in [0.25, 0.3) is 0 Å². The van der Waals surface area contributed by atoms with E-state index in [1.54, 1.807) is 13.4 Å². The molecular weight excluding hydrogens is 405 g/mol. The number of allylic oxidation sites excluding steroid dienone is 1. The first kappa shape index (κ1) is 23.1. The van der Waals surface area contributed by atoms with E-state index >= 15 is 0 Å². The molecule has 2 unspecified atom stereocenters. The summed E-state index contributed by atoms with van der Waals surface area (Å²) in [5.74, 6) is 0.385. The van der Waals surface area contributed by atoms with Crippen LogP contribution in [0.4, 0.5) is 0 Å². The van der Waals surface area contributed by atoms with Gasteiger partial charge in [-0.25, -0.2) is 4.98 Å². The van der Waals surface area contributed by atoms with Crippen molar-refractivity contribution in [2.75, 3.05) is 21.3 Å². The average molecular weight is 426 g/mol. The van der Waals surface area contributed by atoms with Crippen LogP contribution < -0.4 is 0 Å². The topological polar surface area (TPSA) is 70.0 Å². The van der Waals surface area contributed by atoms with Crippen LogP contribution >= 0.6 is 11.3 Å². The number of nitrogens with zero attached hydrogens (tertiary/aromatic N) is 2. The van der Waals surface area contributed by atoms with E-state index in [1.165, 1.54) is 31.6 Å². The van der Waals surface area contributed by atoms with Crippen molar-refractivity contribution < 1.29 is 51.8 Å². The molecule has 0 aromatic carbocycles. The van der Waals surface area contributed by atoms with Crippen LogP contribution in [0.25, 0.3) is 6.08 Å². The maximum absolute atomic E-state index is 10.5. The first-order valence-corrected chi connectivity index (χ1v) is 7.81. The summed E-state index contributed by atoms with van der Waals surface area (Å²) >= 11 is 1.48. The molecule has 0 N–H and O–H groups in total. The summed E-state index contributed by atoms with van der Waals surface area (Å²) in [4.78, 5) is 19.7. The maximum Gasteiger partial charge on any atom is 0.141 e. The molecule has 6 nitrogen and oxygen atoms in total. The molecular formula is C16H21N2O4SY-. The Bertz CT molecular complexity index is 599. The van der Waals surface area contributed by atoms with Crippen molar-refractivity contribution in [3.63, 3.8) is 0 Å². The first-order chi connectivity index (χ1) is 11.1. The van der Waals surface area contributed by atoms with E-state index in [9.17, 15) is 4.79 Å². The summed E-state index contributed by atoms with van der Waals surface area (Å²) in [7, 11) is 4.62. The van der Waals surface area contributed by atoms with Crippen LogP contribution in [0.3, 0.4) is 0 Å². The van der Waals surface area contributed by atoms with Gasteiger partial charge in [0.2, 0.25) is 0 Å². The number of hydrogen-bond acceptors (Lipinski definition) is 7. The van der Waals surface area contributed by atoms with E-state index in [2.05, 4.69) is 10.1 Å². The second-order valence-electron chi connectivity index (χ2n) is 4.65. The zero-order chi connectivity index (χ0) is 17.2. The Hall–Kier alpha value is -0.886. The molecule has 1 aromatic heterocycles. The van der Waals surface area contributed by atoms with Gasteiger partial charge in [-0.3, -0.25) is 0 Å². The Morgan fingerprint density at radius 1 is 1.42 bits per heavy atom. The van der Waals surface area contributed by atoms with E-state index in [0.717, 1.165) is 16.4 Å². The minimum atomic E-state index is -0.256. The monoisotopic (exact) mass is 426 g/mol. The van der Waals surface area contributed by atoms with E-state index in [1.807, 2.05) is 31.4 Å². The minimum Gasteiger partial charge on any atom is -0.585 e. The molecule has 0 aliphatic carbocycles. The molecule has 0 aliphatic heterocycles. The molecule has 24 heavy (non-hydrogen) atoms. The Kier molecular flexibility index (Phi) is 12.0. The van der Waals surface area contributed by atoms with Crippen molar-refractivity contribution in [3.8, 4) is 0 Å². The zero-order valence-electron chi connectivity index (χ0n) is 14.5. The summed E-state index contributed by atoms with van der Waals surface area (Å²) in [5.41, 5.74) is 1.52. The van der Waals surface area contributed by atoms with Crippen molar-refractivity contribution in [2.24, 2.45) is 11.1 Å². The van der Waals surface area contributed by atoms with Gasteiger partial charge in [-0.1, -0.05) is 18.2 Å². The van der Waals surface area contributed by atoms with Gasteiger partial charge in [-0.05, 0) is 31.0 Å². The Labute approximate surface area is 171 Å². The summed E-state index contributed by atoms with van der Waals surface area (Å²) in [6.45, 7) is 3.74. The van der Waals surface area contributed by atoms with Gasteiger partial charge in [-0.2, -0.15) is 6.08 Å². The molecule has 1 aromatic rings. The minimum absolute atomic E-state index is 0. The number of carbonyl (C=O) groups excluding carboxylic acids is 1. The van der Waals surface area contributed by atoms with E-state index in [4.69, 9.17) is 14.3 Å². The van der Waals surface area contributed by atoms with Crippen LogP contribution in [0.15, 0.2) is 28.4 Å². The molecule has 0 aliphatic rings. The largest absolute Gasteiger partial charge is 0.585 e. The van der Waals surface area contributed by atoms with Crippen molar-refractivity contribution in [1.82, 2.24) is 4.98 Å². The third-order valence-corrected chi connectivity index (χ3v) is 4.14. The number of rotatable bonds is 9. The SMILES string of the molecule is CON=C(C)c1nc(/C=C/C(OC)C(C)/C(=C\[C-]=O)OC)cs1.[Y]. The third-order valence-electron chi connectivity index (χ3n) is 3.17. The molecule has 8 heteroatoms. The molecule has 1 heterocycles. The average Bonchev–Trinajstić information content (AvgIpc) is 3.02. The molecule has 0 spiro atoms. The fourth-order valence-electron chi connectivity index (χ4n) is 1.94. The van der Waals surface area contributed by atoms with Crippen molar-refractivity contribution >= 4 is 29.4 Å². The van der Waals surface area contributed by atoms with Crippen LogP contribution in [0.2, 0.25) is 0 Å². The standard InChI is InChI=1S/C16H21N2O4S.Y/c1-11(15(21-4)8-9-19)14(20-3)7-6-13-10-23-16(17-13)12(2)18-22-5;/h6-8,10-11,14H,1-5H3;/q-1;/b7-6+,15-8+,18-12?;. The molecule has 0 saturated carbocycles. The number of oxime groups is 1. The number of thiazole rings is 1. The van der Waals surface area contributed by atoms with Gasteiger partial charge in [0, 0.05) is 45.2 Å². The molecule has 0 fully saturated rings. The normalized spacial score (nSPS) is 14.9. The summed E-state index contributed by atoms with van der Waals surface area (Å²) in [6.07, 6.45) is 6.49. The van der Waals surface area contributed by atoms with Gasteiger partial charge in [0.1, 0.15) is 17.8 Å². The van der Waals surface area contributed by atoms with Crippen molar-refractivity contribution in [1.29, 1.82) is 0 Å². The second-order valence-corrected chi connectivity index (χ2v) is 5.51. The van der Waals surface area contributed by atoms with Crippen LogP contribution in [0, 0.1) is 5.92 Å². The number of ether oxygens (including phenoxy) is 2. The Morgan fingerprint density at radius 3 is 2.67 bits per heavy atom. The fourth-order valence-corrected chi connectivity index (χ4v) is 2.67. The van der Waals surface area contributed by atoms with Crippen LogP contribution in [-0.2, 0) is 51.8 Å². The number of methoxy groups -OCH3 is 2. The molecule has 0 bridgehead atoms. The van der Waals surface area contributed by atoms with E-state index in [-0.39, 0.29) is 44.7 Å². The summed E-state index contributed by atoms with van der Waals surface area (Å²) in [6, 6.07) is 0. The predicted molar refractivity (Wildman–Crippen MR) is 91.1 cm³/mol. The van der Waals surface area contributed by atoms with Crippen LogP contribution in [0.5, 0.6) is 0 Å². The Balaban J connectivity index is 0.00000529.